The highest BCUT2D eigenvalue weighted by atomic mass is 35.5. The average Bonchev–Trinajstić information content (AvgIpc) is 2.73. The van der Waals surface area contributed by atoms with Crippen LogP contribution in [-0.2, 0) is 14.0 Å². The summed E-state index contributed by atoms with van der Waals surface area (Å²) in [6, 6.07) is 1.70. The second-order valence-electron chi connectivity index (χ2n) is 8.81. The summed E-state index contributed by atoms with van der Waals surface area (Å²) < 4.78 is 17.6. The molecule has 1 fully saturated rings. The number of nitrogens with two attached hydrogens (primary N) is 1. The first-order chi connectivity index (χ1) is 12.7. The molecule has 1 aliphatic heterocycles. The molecule has 154 valence electrons. The standard InChI is InChI=1S/C19H29BClN3O4/c1-17(2,3)26-16(25)24-10-13(8-12-9-14(22)11-23-15(12)21)20-27-18(4,5)19(6,7)28-20/h8-9,11H,10,22H2,1-7H3,(H,24,25). The smallest absolute Gasteiger partial charge is 0.444 e. The summed E-state index contributed by atoms with van der Waals surface area (Å²) in [5.41, 5.74) is 5.93. The zero-order valence-corrected chi connectivity index (χ0v) is 18.3. The van der Waals surface area contributed by atoms with Crippen LogP contribution in [-0.4, -0.2) is 41.5 Å². The van der Waals surface area contributed by atoms with Gasteiger partial charge in [-0.05, 0) is 60.0 Å². The van der Waals surface area contributed by atoms with Crippen LogP contribution in [0.1, 0.15) is 54.0 Å². The fraction of sp³-hybridized carbons (Fsp3) is 0.579. The molecule has 0 unspecified atom stereocenters. The third kappa shape index (κ3) is 5.62. The molecule has 1 amide bonds. The molecule has 0 saturated carbocycles. The fourth-order valence-corrected chi connectivity index (χ4v) is 2.63. The zero-order valence-electron chi connectivity index (χ0n) is 17.6. The number of aromatic nitrogens is 1. The van der Waals surface area contributed by atoms with Crippen molar-refractivity contribution >= 4 is 36.6 Å². The molecule has 7 nitrogen and oxygen atoms in total. The van der Waals surface area contributed by atoms with Crippen LogP contribution in [0.2, 0.25) is 5.15 Å². The number of rotatable bonds is 4. The van der Waals surface area contributed by atoms with Crippen molar-refractivity contribution in [2.75, 3.05) is 12.3 Å². The lowest BCUT2D eigenvalue weighted by molar-refractivity contribution is 0.00578. The minimum Gasteiger partial charge on any atom is -0.444 e. The number of anilines is 1. The molecule has 1 aliphatic rings. The molecular weight excluding hydrogens is 380 g/mol. The van der Waals surface area contributed by atoms with Crippen LogP contribution in [0.5, 0.6) is 0 Å². The summed E-state index contributed by atoms with van der Waals surface area (Å²) in [5, 5.41) is 3.03. The maximum atomic E-state index is 12.1. The van der Waals surface area contributed by atoms with Crippen LogP contribution in [0.3, 0.4) is 0 Å². The van der Waals surface area contributed by atoms with Crippen molar-refractivity contribution in [2.24, 2.45) is 0 Å². The topological polar surface area (TPSA) is 95.7 Å². The highest BCUT2D eigenvalue weighted by Gasteiger charge is 2.52. The van der Waals surface area contributed by atoms with E-state index in [1.165, 1.54) is 6.20 Å². The molecule has 2 heterocycles. The van der Waals surface area contributed by atoms with E-state index in [0.29, 0.717) is 21.9 Å². The van der Waals surface area contributed by atoms with Crippen molar-refractivity contribution in [3.05, 3.63) is 28.5 Å². The molecule has 2 rings (SSSR count). The number of carbonyl (C=O) groups excluding carboxylic acids is 1. The molecular formula is C19H29BClN3O4. The van der Waals surface area contributed by atoms with Crippen molar-refractivity contribution in [2.45, 2.75) is 65.3 Å². The Morgan fingerprint density at radius 1 is 1.32 bits per heavy atom. The Labute approximate surface area is 172 Å². The molecule has 3 N–H and O–H groups in total. The van der Waals surface area contributed by atoms with Gasteiger partial charge in [0.25, 0.3) is 0 Å². The molecule has 0 radical (unpaired) electrons. The molecule has 1 aromatic rings. The summed E-state index contributed by atoms with van der Waals surface area (Å²) in [6.45, 7) is 13.4. The first kappa shape index (κ1) is 22.5. The van der Waals surface area contributed by atoms with E-state index in [0.717, 1.165) is 0 Å². The molecule has 1 saturated heterocycles. The van der Waals surface area contributed by atoms with Gasteiger partial charge in [-0.15, -0.1) is 0 Å². The van der Waals surface area contributed by atoms with Crippen molar-refractivity contribution in [1.29, 1.82) is 0 Å². The van der Waals surface area contributed by atoms with Gasteiger partial charge >= 0.3 is 13.2 Å². The highest BCUT2D eigenvalue weighted by Crippen LogP contribution is 2.39. The predicted octanol–water partition coefficient (Wildman–Crippen LogP) is 3.86. The van der Waals surface area contributed by atoms with E-state index in [1.54, 1.807) is 32.9 Å². The molecule has 1 aromatic heterocycles. The Balaban J connectivity index is 2.30. The largest absolute Gasteiger partial charge is 0.492 e. The van der Waals surface area contributed by atoms with E-state index < -0.39 is 30.0 Å². The Bertz CT molecular complexity index is 759. The Hall–Kier alpha value is -1.77. The van der Waals surface area contributed by atoms with Gasteiger partial charge in [-0.1, -0.05) is 17.7 Å². The third-order valence-electron chi connectivity index (χ3n) is 4.62. The second kappa shape index (κ2) is 7.93. The molecule has 9 heteroatoms. The molecule has 0 atom stereocenters. The lowest BCUT2D eigenvalue weighted by Crippen LogP contribution is -2.41. The summed E-state index contributed by atoms with van der Waals surface area (Å²) in [6.07, 6.45) is 2.71. The number of nitrogens with zero attached hydrogens (tertiary/aromatic N) is 1. The van der Waals surface area contributed by atoms with Crippen molar-refractivity contribution in [3.63, 3.8) is 0 Å². The number of nitrogen functional groups attached to an aromatic ring is 1. The normalized spacial score (nSPS) is 18.9. The number of ether oxygens (including phenoxy) is 1. The van der Waals surface area contributed by atoms with Gasteiger partial charge in [-0.25, -0.2) is 9.78 Å². The number of nitrogens with one attached hydrogen (secondary N) is 1. The highest BCUT2D eigenvalue weighted by molar-refractivity contribution is 6.56. The number of halogens is 1. The number of hydrogen-bond donors (Lipinski definition) is 2. The maximum Gasteiger partial charge on any atom is 0.492 e. The second-order valence-corrected chi connectivity index (χ2v) is 9.17. The molecule has 0 aliphatic carbocycles. The SMILES string of the molecule is CC(C)(C)OC(=O)NCC(=Cc1cc(N)cnc1Cl)B1OC(C)(C)C(C)(C)O1. The van der Waals surface area contributed by atoms with Gasteiger partial charge in [0.1, 0.15) is 10.8 Å². The van der Waals surface area contributed by atoms with Crippen molar-refractivity contribution in [1.82, 2.24) is 10.3 Å². The molecule has 28 heavy (non-hydrogen) atoms. The molecule has 0 aromatic carbocycles. The number of hydrogen-bond acceptors (Lipinski definition) is 6. The van der Waals surface area contributed by atoms with Gasteiger partial charge in [0.15, 0.2) is 0 Å². The van der Waals surface area contributed by atoms with E-state index in [-0.39, 0.29) is 6.54 Å². The van der Waals surface area contributed by atoms with Gasteiger partial charge in [0.05, 0.1) is 23.1 Å². The van der Waals surface area contributed by atoms with Crippen LogP contribution < -0.4 is 11.1 Å². The van der Waals surface area contributed by atoms with E-state index >= 15 is 0 Å². The van der Waals surface area contributed by atoms with E-state index in [4.69, 9.17) is 31.4 Å². The summed E-state index contributed by atoms with van der Waals surface area (Å²) in [7, 11) is -0.669. The summed E-state index contributed by atoms with van der Waals surface area (Å²) in [5.74, 6) is 0. The Morgan fingerprint density at radius 2 is 1.89 bits per heavy atom. The number of amides is 1. The molecule has 0 bridgehead atoms. The van der Waals surface area contributed by atoms with Gasteiger partial charge in [-0.2, -0.15) is 0 Å². The first-order valence-corrected chi connectivity index (χ1v) is 9.52. The van der Waals surface area contributed by atoms with Crippen LogP contribution in [0.25, 0.3) is 6.08 Å². The van der Waals surface area contributed by atoms with Crippen LogP contribution in [0.15, 0.2) is 17.7 Å². The summed E-state index contributed by atoms with van der Waals surface area (Å²) in [4.78, 5) is 16.2. The van der Waals surface area contributed by atoms with Crippen molar-refractivity contribution in [3.8, 4) is 0 Å². The Kier molecular flexibility index (Phi) is 6.38. The van der Waals surface area contributed by atoms with Crippen LogP contribution >= 0.6 is 11.6 Å². The third-order valence-corrected chi connectivity index (χ3v) is 4.94. The monoisotopic (exact) mass is 409 g/mol. The Morgan fingerprint density at radius 3 is 2.43 bits per heavy atom. The summed E-state index contributed by atoms with van der Waals surface area (Å²) >= 11 is 6.20. The zero-order chi connectivity index (χ0) is 21.3. The molecule has 0 spiro atoms. The number of alkyl carbamates (subject to hydrolysis) is 1. The van der Waals surface area contributed by atoms with Crippen molar-refractivity contribution < 1.29 is 18.8 Å². The van der Waals surface area contributed by atoms with Crippen LogP contribution in [0, 0.1) is 0 Å². The van der Waals surface area contributed by atoms with Gasteiger partial charge in [0.2, 0.25) is 0 Å². The lowest BCUT2D eigenvalue weighted by Gasteiger charge is -2.32. The average molecular weight is 410 g/mol. The van der Waals surface area contributed by atoms with Gasteiger partial charge < -0.3 is 25.1 Å². The van der Waals surface area contributed by atoms with Gasteiger partial charge in [-0.3, -0.25) is 0 Å². The van der Waals surface area contributed by atoms with Crippen LogP contribution in [0.4, 0.5) is 10.5 Å². The van der Waals surface area contributed by atoms with Gasteiger partial charge in [0, 0.05) is 12.1 Å². The number of pyridine rings is 1. The maximum absolute atomic E-state index is 12.1. The fourth-order valence-electron chi connectivity index (χ4n) is 2.47. The predicted molar refractivity (Wildman–Crippen MR) is 112 cm³/mol. The quantitative estimate of drug-likeness (QED) is 0.579. The lowest BCUT2D eigenvalue weighted by atomic mass is 9.77. The van der Waals surface area contributed by atoms with E-state index in [9.17, 15) is 4.79 Å². The minimum atomic E-state index is -0.669. The number of carbonyl (C=O) groups is 1. The first-order valence-electron chi connectivity index (χ1n) is 9.14. The minimum absolute atomic E-state index is 0.150. The van der Waals surface area contributed by atoms with E-state index in [1.807, 2.05) is 27.7 Å². The van der Waals surface area contributed by atoms with E-state index in [2.05, 4.69) is 10.3 Å².